The maximum absolute atomic E-state index is 12.0. The number of carbonyl (C=O) groups is 1. The molecule has 4 nitrogen and oxygen atoms in total. The van der Waals surface area contributed by atoms with Crippen LogP contribution in [-0.4, -0.2) is 37.1 Å². The molecule has 1 amide bonds. The Labute approximate surface area is 131 Å². The summed E-state index contributed by atoms with van der Waals surface area (Å²) in [5.41, 5.74) is 1.09. The third-order valence-corrected chi connectivity index (χ3v) is 5.10. The minimum atomic E-state index is 0.0250. The number of thioether (sulfide) groups is 1. The normalized spacial score (nSPS) is 17.2. The molecule has 1 aliphatic heterocycles. The van der Waals surface area contributed by atoms with E-state index in [0.29, 0.717) is 11.0 Å². The van der Waals surface area contributed by atoms with Gasteiger partial charge in [-0.25, -0.2) is 0 Å². The number of methoxy groups -OCH3 is 1. The minimum absolute atomic E-state index is 0.0250. The van der Waals surface area contributed by atoms with E-state index in [1.165, 1.54) is 0 Å². The van der Waals surface area contributed by atoms with E-state index in [-0.39, 0.29) is 11.9 Å². The summed E-state index contributed by atoms with van der Waals surface area (Å²) in [6.07, 6.45) is 2.32. The molecule has 1 fully saturated rings. The van der Waals surface area contributed by atoms with Crippen molar-refractivity contribution >= 4 is 17.7 Å². The number of amides is 1. The summed E-state index contributed by atoms with van der Waals surface area (Å²) >= 11 is 1.78. The number of piperidine rings is 1. The molecular weight excluding hydrogens is 284 g/mol. The van der Waals surface area contributed by atoms with Crippen LogP contribution < -0.4 is 15.4 Å². The van der Waals surface area contributed by atoms with Gasteiger partial charge in [-0.05, 0) is 50.6 Å². The van der Waals surface area contributed by atoms with Crippen LogP contribution in [0.5, 0.6) is 5.75 Å². The van der Waals surface area contributed by atoms with Crippen molar-refractivity contribution in [1.29, 1.82) is 0 Å². The Kier molecular flexibility index (Phi) is 6.39. The van der Waals surface area contributed by atoms with E-state index in [1.807, 2.05) is 31.2 Å². The second kappa shape index (κ2) is 8.29. The summed E-state index contributed by atoms with van der Waals surface area (Å²) in [7, 11) is 1.65. The van der Waals surface area contributed by atoms with Gasteiger partial charge < -0.3 is 15.4 Å². The third kappa shape index (κ3) is 5.25. The number of rotatable bonds is 6. The quantitative estimate of drug-likeness (QED) is 0.847. The fourth-order valence-electron chi connectivity index (χ4n) is 2.41. The van der Waals surface area contributed by atoms with Gasteiger partial charge in [-0.3, -0.25) is 4.79 Å². The SMILES string of the molecule is COc1ccc(C(C)NC(=O)CSC2CCNCC2)cc1. The first kappa shape index (κ1) is 16.2. The largest absolute Gasteiger partial charge is 0.497 e. The number of hydrogen-bond donors (Lipinski definition) is 2. The Morgan fingerprint density at radius 1 is 1.38 bits per heavy atom. The van der Waals surface area contributed by atoms with Crippen LogP contribution >= 0.6 is 11.8 Å². The van der Waals surface area contributed by atoms with Crippen molar-refractivity contribution in [2.24, 2.45) is 0 Å². The van der Waals surface area contributed by atoms with Gasteiger partial charge in [-0.2, -0.15) is 0 Å². The van der Waals surface area contributed by atoms with E-state index >= 15 is 0 Å². The Morgan fingerprint density at radius 3 is 2.67 bits per heavy atom. The lowest BCUT2D eigenvalue weighted by Crippen LogP contribution is -2.32. The second-order valence-corrected chi connectivity index (χ2v) is 6.61. The van der Waals surface area contributed by atoms with E-state index in [0.717, 1.165) is 37.2 Å². The fraction of sp³-hybridized carbons (Fsp3) is 0.562. The molecule has 1 heterocycles. The number of ether oxygens (including phenoxy) is 1. The lowest BCUT2D eigenvalue weighted by molar-refractivity contribution is -0.119. The van der Waals surface area contributed by atoms with Crippen LogP contribution in [0.2, 0.25) is 0 Å². The lowest BCUT2D eigenvalue weighted by Gasteiger charge is -2.22. The molecule has 0 aliphatic carbocycles. The Hall–Kier alpha value is -1.20. The summed E-state index contributed by atoms with van der Waals surface area (Å²) in [4.78, 5) is 12.0. The van der Waals surface area contributed by atoms with Crippen molar-refractivity contribution in [1.82, 2.24) is 10.6 Å². The van der Waals surface area contributed by atoms with Gasteiger partial charge in [0.25, 0.3) is 0 Å². The van der Waals surface area contributed by atoms with Crippen LogP contribution in [0.3, 0.4) is 0 Å². The van der Waals surface area contributed by atoms with Gasteiger partial charge in [-0.15, -0.1) is 11.8 Å². The molecule has 1 aliphatic rings. The molecule has 2 N–H and O–H groups in total. The van der Waals surface area contributed by atoms with Crippen LogP contribution in [0.25, 0.3) is 0 Å². The standard InChI is InChI=1S/C16H24N2O2S/c1-12(13-3-5-14(20-2)6-4-13)18-16(19)11-21-15-7-9-17-10-8-15/h3-6,12,15,17H,7-11H2,1-2H3,(H,18,19). The van der Waals surface area contributed by atoms with Crippen LogP contribution in [0.1, 0.15) is 31.4 Å². The number of carbonyl (C=O) groups excluding carboxylic acids is 1. The molecule has 0 aromatic heterocycles. The highest BCUT2D eigenvalue weighted by Gasteiger charge is 2.16. The molecule has 2 rings (SSSR count). The molecule has 0 spiro atoms. The molecule has 1 aromatic carbocycles. The van der Waals surface area contributed by atoms with E-state index in [2.05, 4.69) is 10.6 Å². The van der Waals surface area contributed by atoms with E-state index in [1.54, 1.807) is 18.9 Å². The molecule has 116 valence electrons. The zero-order valence-electron chi connectivity index (χ0n) is 12.7. The zero-order chi connectivity index (χ0) is 15.1. The van der Waals surface area contributed by atoms with Gasteiger partial charge in [-0.1, -0.05) is 12.1 Å². The van der Waals surface area contributed by atoms with Crippen LogP contribution in [0, 0.1) is 0 Å². The van der Waals surface area contributed by atoms with E-state index in [9.17, 15) is 4.79 Å². The molecule has 1 saturated heterocycles. The number of nitrogens with one attached hydrogen (secondary N) is 2. The van der Waals surface area contributed by atoms with Crippen molar-refractivity contribution in [2.45, 2.75) is 31.1 Å². The molecule has 5 heteroatoms. The van der Waals surface area contributed by atoms with Crippen molar-refractivity contribution in [2.75, 3.05) is 26.0 Å². The average Bonchev–Trinajstić information content (AvgIpc) is 2.54. The maximum atomic E-state index is 12.0. The number of hydrogen-bond acceptors (Lipinski definition) is 4. The van der Waals surface area contributed by atoms with Crippen LogP contribution in [0.15, 0.2) is 24.3 Å². The van der Waals surface area contributed by atoms with Crippen molar-refractivity contribution in [3.8, 4) is 5.75 Å². The highest BCUT2D eigenvalue weighted by Crippen LogP contribution is 2.21. The summed E-state index contributed by atoms with van der Waals surface area (Å²) in [5, 5.41) is 7.02. The van der Waals surface area contributed by atoms with Crippen LogP contribution in [0.4, 0.5) is 0 Å². The fourth-order valence-corrected chi connectivity index (χ4v) is 3.45. The highest BCUT2D eigenvalue weighted by molar-refractivity contribution is 8.00. The predicted octanol–water partition coefficient (Wildman–Crippen LogP) is 2.36. The molecule has 1 aromatic rings. The minimum Gasteiger partial charge on any atom is -0.497 e. The van der Waals surface area contributed by atoms with Gasteiger partial charge in [0.2, 0.25) is 5.91 Å². The summed E-state index contributed by atoms with van der Waals surface area (Å²) in [6.45, 7) is 4.15. The van der Waals surface area contributed by atoms with E-state index < -0.39 is 0 Å². The average molecular weight is 308 g/mol. The molecular formula is C16H24N2O2S. The number of benzene rings is 1. The van der Waals surface area contributed by atoms with Crippen molar-refractivity contribution in [3.05, 3.63) is 29.8 Å². The van der Waals surface area contributed by atoms with Gasteiger partial charge in [0, 0.05) is 5.25 Å². The molecule has 0 saturated carbocycles. The molecule has 21 heavy (non-hydrogen) atoms. The van der Waals surface area contributed by atoms with Crippen LogP contribution in [-0.2, 0) is 4.79 Å². The molecule has 0 radical (unpaired) electrons. The molecule has 0 bridgehead atoms. The first-order valence-electron chi connectivity index (χ1n) is 7.44. The topological polar surface area (TPSA) is 50.4 Å². The Morgan fingerprint density at radius 2 is 2.05 bits per heavy atom. The van der Waals surface area contributed by atoms with Gasteiger partial charge >= 0.3 is 0 Å². The first-order chi connectivity index (χ1) is 10.2. The van der Waals surface area contributed by atoms with Crippen molar-refractivity contribution in [3.63, 3.8) is 0 Å². The Bertz CT molecular complexity index is 444. The third-order valence-electron chi connectivity index (χ3n) is 3.73. The Balaban J connectivity index is 1.75. The monoisotopic (exact) mass is 308 g/mol. The lowest BCUT2D eigenvalue weighted by atomic mass is 10.1. The smallest absolute Gasteiger partial charge is 0.230 e. The van der Waals surface area contributed by atoms with Gasteiger partial charge in [0.05, 0.1) is 18.9 Å². The summed E-state index contributed by atoms with van der Waals surface area (Å²) < 4.78 is 5.14. The molecule has 1 atom stereocenters. The van der Waals surface area contributed by atoms with Gasteiger partial charge in [0.1, 0.15) is 5.75 Å². The summed E-state index contributed by atoms with van der Waals surface area (Å²) in [6, 6.07) is 7.84. The van der Waals surface area contributed by atoms with Gasteiger partial charge in [0.15, 0.2) is 0 Å². The second-order valence-electron chi connectivity index (χ2n) is 5.32. The first-order valence-corrected chi connectivity index (χ1v) is 8.49. The van der Waals surface area contributed by atoms with Crippen molar-refractivity contribution < 1.29 is 9.53 Å². The van der Waals surface area contributed by atoms with E-state index in [4.69, 9.17) is 4.74 Å². The predicted molar refractivity (Wildman–Crippen MR) is 87.9 cm³/mol. The summed E-state index contributed by atoms with van der Waals surface area (Å²) in [5.74, 6) is 1.49. The maximum Gasteiger partial charge on any atom is 0.230 e. The molecule has 1 unspecified atom stereocenters. The highest BCUT2D eigenvalue weighted by atomic mass is 32.2. The zero-order valence-corrected chi connectivity index (χ0v) is 13.5.